The smallest absolute Gasteiger partial charge is 0.222 e. The molecular weight excluding hydrogens is 286 g/mol. The molecule has 2 nitrogen and oxygen atoms in total. The number of carbonyl (C=O) groups is 1. The Bertz CT molecular complexity index is 313. The van der Waals surface area contributed by atoms with Crippen molar-refractivity contribution in [3.8, 4) is 0 Å². The predicted molar refractivity (Wildman–Crippen MR) is 73.1 cm³/mol. The van der Waals surface area contributed by atoms with E-state index in [-0.39, 0.29) is 11.9 Å². The maximum Gasteiger partial charge on any atom is 0.222 e. The van der Waals surface area contributed by atoms with Crippen LogP contribution in [0.4, 0.5) is 0 Å². The Morgan fingerprint density at radius 2 is 2.31 bits per heavy atom. The van der Waals surface area contributed by atoms with E-state index in [1.54, 1.807) is 11.3 Å². The summed E-state index contributed by atoms with van der Waals surface area (Å²) in [5, 5.41) is 3.03. The molecule has 0 bridgehead atoms. The van der Waals surface area contributed by atoms with Crippen molar-refractivity contribution < 1.29 is 4.79 Å². The third-order valence-corrected chi connectivity index (χ3v) is 4.31. The van der Waals surface area contributed by atoms with Gasteiger partial charge in [0.25, 0.3) is 0 Å². The zero-order chi connectivity index (χ0) is 12.0. The number of rotatable bonds is 6. The average Bonchev–Trinajstić information content (AvgIpc) is 2.80. The van der Waals surface area contributed by atoms with Crippen molar-refractivity contribution in [3.05, 3.63) is 22.4 Å². The van der Waals surface area contributed by atoms with Crippen LogP contribution in [0.5, 0.6) is 0 Å². The summed E-state index contributed by atoms with van der Waals surface area (Å²) in [5.41, 5.74) is 0. The van der Waals surface area contributed by atoms with Crippen LogP contribution in [0.3, 0.4) is 0 Å². The van der Waals surface area contributed by atoms with Gasteiger partial charge in [-0.3, -0.25) is 4.79 Å². The zero-order valence-electron chi connectivity index (χ0n) is 9.78. The van der Waals surface area contributed by atoms with E-state index in [2.05, 4.69) is 34.3 Å². The van der Waals surface area contributed by atoms with E-state index in [0.29, 0.717) is 6.42 Å². The van der Waals surface area contributed by atoms with Gasteiger partial charge in [-0.2, -0.15) is 0 Å². The van der Waals surface area contributed by atoms with E-state index >= 15 is 0 Å². The number of unbranched alkanes of at least 4 members (excludes halogenated alkanes) is 1. The molecular formula is C12H18BrNOS. The van der Waals surface area contributed by atoms with E-state index in [4.69, 9.17) is 0 Å². The highest BCUT2D eigenvalue weighted by Crippen LogP contribution is 2.24. The first-order chi connectivity index (χ1) is 7.66. The minimum Gasteiger partial charge on any atom is -0.338 e. The normalized spacial score (nSPS) is 12.4. The van der Waals surface area contributed by atoms with Crippen LogP contribution < -0.4 is 0 Å². The molecule has 0 saturated carbocycles. The number of carbonyl (C=O) groups excluding carboxylic acids is 1. The molecule has 0 aliphatic rings. The number of alkyl halides is 1. The lowest BCUT2D eigenvalue weighted by Crippen LogP contribution is -2.28. The highest BCUT2D eigenvalue weighted by molar-refractivity contribution is 9.09. The summed E-state index contributed by atoms with van der Waals surface area (Å²) >= 11 is 5.08. The Hall–Kier alpha value is -0.350. The fourth-order valence-electron chi connectivity index (χ4n) is 1.48. The van der Waals surface area contributed by atoms with E-state index < -0.39 is 0 Å². The van der Waals surface area contributed by atoms with E-state index in [0.717, 1.165) is 18.2 Å². The average molecular weight is 304 g/mol. The van der Waals surface area contributed by atoms with Crippen LogP contribution in [0.1, 0.15) is 37.1 Å². The van der Waals surface area contributed by atoms with Crippen molar-refractivity contribution in [1.29, 1.82) is 0 Å². The van der Waals surface area contributed by atoms with Gasteiger partial charge in [0, 0.05) is 23.7 Å². The highest BCUT2D eigenvalue weighted by atomic mass is 79.9. The molecule has 90 valence electrons. The van der Waals surface area contributed by atoms with Crippen LogP contribution in [-0.2, 0) is 4.79 Å². The fraction of sp³-hybridized carbons (Fsp3) is 0.583. The van der Waals surface area contributed by atoms with Gasteiger partial charge >= 0.3 is 0 Å². The summed E-state index contributed by atoms with van der Waals surface area (Å²) < 4.78 is 0. The Labute approximate surface area is 110 Å². The van der Waals surface area contributed by atoms with Crippen LogP contribution in [0.15, 0.2) is 17.5 Å². The lowest BCUT2D eigenvalue weighted by molar-refractivity contribution is -0.131. The molecule has 1 heterocycles. The van der Waals surface area contributed by atoms with Crippen molar-refractivity contribution in [2.75, 3.05) is 12.4 Å². The van der Waals surface area contributed by atoms with Crippen LogP contribution in [0, 0.1) is 0 Å². The second-order valence-corrected chi connectivity index (χ2v) is 5.61. The first-order valence-corrected chi connectivity index (χ1v) is 7.52. The van der Waals surface area contributed by atoms with E-state index in [1.165, 1.54) is 4.88 Å². The molecule has 16 heavy (non-hydrogen) atoms. The summed E-state index contributed by atoms with van der Waals surface area (Å²) in [6, 6.07) is 4.30. The molecule has 0 aliphatic carbocycles. The minimum absolute atomic E-state index is 0.191. The predicted octanol–water partition coefficient (Wildman–Crippen LogP) is 3.83. The van der Waals surface area contributed by atoms with Crippen molar-refractivity contribution in [2.24, 2.45) is 0 Å². The molecule has 0 saturated heterocycles. The third kappa shape index (κ3) is 3.91. The second-order valence-electron chi connectivity index (χ2n) is 3.84. The van der Waals surface area contributed by atoms with Gasteiger partial charge in [-0.15, -0.1) is 11.3 Å². The fourth-order valence-corrected chi connectivity index (χ4v) is 2.71. The molecule has 1 rings (SSSR count). The summed E-state index contributed by atoms with van der Waals surface area (Å²) in [5.74, 6) is 0.238. The molecule has 1 aromatic rings. The molecule has 4 heteroatoms. The van der Waals surface area contributed by atoms with Gasteiger partial charge in [0.15, 0.2) is 0 Å². The molecule has 0 spiro atoms. The quantitative estimate of drug-likeness (QED) is 0.578. The summed E-state index contributed by atoms with van der Waals surface area (Å²) in [7, 11) is 1.89. The molecule has 0 aliphatic heterocycles. The number of thiophene rings is 1. The molecule has 0 radical (unpaired) electrons. The second kappa shape index (κ2) is 7.07. The van der Waals surface area contributed by atoms with Crippen LogP contribution >= 0.6 is 27.3 Å². The zero-order valence-corrected chi connectivity index (χ0v) is 12.2. The summed E-state index contributed by atoms with van der Waals surface area (Å²) in [6.45, 7) is 2.08. The maximum absolute atomic E-state index is 11.9. The Kier molecular flexibility index (Phi) is 6.06. The molecule has 1 unspecified atom stereocenters. The van der Waals surface area contributed by atoms with Crippen LogP contribution in [0.2, 0.25) is 0 Å². The van der Waals surface area contributed by atoms with Gasteiger partial charge in [0.1, 0.15) is 0 Å². The van der Waals surface area contributed by atoms with E-state index in [1.807, 2.05) is 18.0 Å². The van der Waals surface area contributed by atoms with Crippen LogP contribution in [-0.4, -0.2) is 23.2 Å². The summed E-state index contributed by atoms with van der Waals surface area (Å²) in [6.07, 6.45) is 2.68. The highest BCUT2D eigenvalue weighted by Gasteiger charge is 2.17. The molecule has 1 aromatic heterocycles. The molecule has 1 amide bonds. The Morgan fingerprint density at radius 1 is 1.56 bits per heavy atom. The number of hydrogen-bond donors (Lipinski definition) is 0. The van der Waals surface area contributed by atoms with Gasteiger partial charge in [-0.1, -0.05) is 22.0 Å². The molecule has 0 N–H and O–H groups in total. The monoisotopic (exact) mass is 303 g/mol. The molecule has 0 fully saturated rings. The third-order valence-electron chi connectivity index (χ3n) is 2.70. The molecule has 0 aromatic carbocycles. The lowest BCUT2D eigenvalue weighted by atomic mass is 10.2. The minimum atomic E-state index is 0.191. The number of nitrogens with zero attached hydrogens (tertiary/aromatic N) is 1. The summed E-state index contributed by atoms with van der Waals surface area (Å²) in [4.78, 5) is 15.0. The standard InChI is InChI=1S/C12H18BrNOS/c1-10(11-6-5-9-16-11)14(2)12(15)7-3-4-8-13/h5-6,9-10H,3-4,7-8H2,1-2H3. The Morgan fingerprint density at radius 3 is 2.88 bits per heavy atom. The SMILES string of the molecule is CC(c1cccs1)N(C)C(=O)CCCCBr. The van der Waals surface area contributed by atoms with E-state index in [9.17, 15) is 4.79 Å². The number of amides is 1. The topological polar surface area (TPSA) is 20.3 Å². The van der Waals surface area contributed by atoms with Gasteiger partial charge < -0.3 is 4.90 Å². The van der Waals surface area contributed by atoms with Gasteiger partial charge in [-0.25, -0.2) is 0 Å². The Balaban J connectivity index is 2.44. The molecule has 1 atom stereocenters. The van der Waals surface area contributed by atoms with Crippen molar-refractivity contribution in [1.82, 2.24) is 4.90 Å². The number of hydrogen-bond acceptors (Lipinski definition) is 2. The first-order valence-electron chi connectivity index (χ1n) is 5.52. The van der Waals surface area contributed by atoms with Crippen LogP contribution in [0.25, 0.3) is 0 Å². The van der Waals surface area contributed by atoms with Crippen molar-refractivity contribution in [3.63, 3.8) is 0 Å². The van der Waals surface area contributed by atoms with Crippen molar-refractivity contribution in [2.45, 2.75) is 32.2 Å². The van der Waals surface area contributed by atoms with Gasteiger partial charge in [-0.05, 0) is 31.2 Å². The van der Waals surface area contributed by atoms with Gasteiger partial charge in [0.05, 0.1) is 6.04 Å². The van der Waals surface area contributed by atoms with Gasteiger partial charge in [0.2, 0.25) is 5.91 Å². The first kappa shape index (κ1) is 13.7. The maximum atomic E-state index is 11.9. The number of halogens is 1. The largest absolute Gasteiger partial charge is 0.338 e. The lowest BCUT2D eigenvalue weighted by Gasteiger charge is -2.24. The van der Waals surface area contributed by atoms with Crippen molar-refractivity contribution >= 4 is 33.2 Å².